The lowest BCUT2D eigenvalue weighted by atomic mass is 10.1. The van der Waals surface area contributed by atoms with E-state index in [1.807, 2.05) is 6.92 Å². The van der Waals surface area contributed by atoms with Gasteiger partial charge in [-0.1, -0.05) is 6.92 Å². The van der Waals surface area contributed by atoms with Gasteiger partial charge >= 0.3 is 0 Å². The molecule has 2 amide bonds. The Balaban J connectivity index is 2.33. The fraction of sp³-hybridized carbons (Fsp3) is 0.250. The molecule has 2 heterocycles. The number of nitrogen functional groups attached to an aromatic ring is 1. The van der Waals surface area contributed by atoms with Crippen LogP contribution in [0.5, 0.6) is 0 Å². The number of aromatic nitrogens is 2. The number of hydrogen-bond acceptors (Lipinski definition) is 5. The number of hydrogen-bond donors (Lipinski definition) is 3. The lowest BCUT2D eigenvalue weighted by molar-refractivity contribution is -0.114. The van der Waals surface area contributed by atoms with E-state index in [9.17, 15) is 9.59 Å². The zero-order valence-corrected chi connectivity index (χ0v) is 13.1. The summed E-state index contributed by atoms with van der Waals surface area (Å²) in [6.45, 7) is 3.96. The highest BCUT2D eigenvalue weighted by Crippen LogP contribution is 2.23. The Bertz CT molecular complexity index is 730. The van der Waals surface area contributed by atoms with Crippen LogP contribution < -0.4 is 16.4 Å². The molecule has 0 spiro atoms. The van der Waals surface area contributed by atoms with Gasteiger partial charge in [-0.2, -0.15) is 0 Å². The number of carbonyl (C=O) groups excluding carboxylic acids is 2. The van der Waals surface area contributed by atoms with E-state index in [1.165, 1.54) is 6.92 Å². The van der Waals surface area contributed by atoms with E-state index in [0.717, 1.165) is 17.5 Å². The van der Waals surface area contributed by atoms with Crippen molar-refractivity contribution in [3.8, 4) is 11.1 Å². The van der Waals surface area contributed by atoms with Crippen molar-refractivity contribution in [1.29, 1.82) is 0 Å². The van der Waals surface area contributed by atoms with Crippen LogP contribution in [0.15, 0.2) is 30.6 Å². The predicted molar refractivity (Wildman–Crippen MR) is 88.8 cm³/mol. The van der Waals surface area contributed by atoms with E-state index in [1.54, 1.807) is 30.6 Å². The van der Waals surface area contributed by atoms with Gasteiger partial charge in [-0.3, -0.25) is 9.59 Å². The van der Waals surface area contributed by atoms with Crippen molar-refractivity contribution in [2.24, 2.45) is 0 Å². The first-order valence-electron chi connectivity index (χ1n) is 7.29. The van der Waals surface area contributed by atoms with E-state index in [0.29, 0.717) is 17.9 Å². The standard InChI is InChI=1S/C16H19N5O2/c1-3-5-19-16(23)13-7-12(9-20-15(13)17)11-4-6-18-14(8-11)21-10(2)22/h4,6-9H,3,5H2,1-2H3,(H2,17,20)(H,19,23)(H,18,21,22). The van der Waals surface area contributed by atoms with E-state index in [-0.39, 0.29) is 17.6 Å². The smallest absolute Gasteiger partial charge is 0.255 e. The van der Waals surface area contributed by atoms with Gasteiger partial charge in [-0.05, 0) is 30.2 Å². The molecule has 0 fully saturated rings. The Labute approximate surface area is 134 Å². The van der Waals surface area contributed by atoms with Crippen molar-refractivity contribution < 1.29 is 9.59 Å². The fourth-order valence-corrected chi connectivity index (χ4v) is 2.01. The van der Waals surface area contributed by atoms with Crippen molar-refractivity contribution in [2.75, 3.05) is 17.6 Å². The Hall–Kier alpha value is -2.96. The Morgan fingerprint density at radius 3 is 2.70 bits per heavy atom. The van der Waals surface area contributed by atoms with Crippen LogP contribution in [-0.4, -0.2) is 28.3 Å². The largest absolute Gasteiger partial charge is 0.383 e. The molecule has 0 saturated carbocycles. The summed E-state index contributed by atoms with van der Waals surface area (Å²) in [5.41, 5.74) is 7.62. The van der Waals surface area contributed by atoms with Gasteiger partial charge in [0, 0.05) is 31.4 Å². The summed E-state index contributed by atoms with van der Waals surface area (Å²) in [5, 5.41) is 5.39. The second kappa shape index (κ2) is 7.35. The van der Waals surface area contributed by atoms with Gasteiger partial charge in [0.1, 0.15) is 11.6 Å². The number of carbonyl (C=O) groups is 2. The van der Waals surface area contributed by atoms with Crippen LogP contribution >= 0.6 is 0 Å². The topological polar surface area (TPSA) is 110 Å². The molecule has 120 valence electrons. The first-order chi connectivity index (χ1) is 11.0. The Morgan fingerprint density at radius 2 is 2.00 bits per heavy atom. The van der Waals surface area contributed by atoms with Gasteiger partial charge in [-0.15, -0.1) is 0 Å². The molecular formula is C16H19N5O2. The molecule has 7 heteroatoms. The second-order valence-electron chi connectivity index (χ2n) is 5.02. The third kappa shape index (κ3) is 4.26. The van der Waals surface area contributed by atoms with Crippen LogP contribution in [0, 0.1) is 0 Å². The van der Waals surface area contributed by atoms with Gasteiger partial charge in [0.05, 0.1) is 5.56 Å². The normalized spacial score (nSPS) is 10.2. The molecule has 0 radical (unpaired) electrons. The maximum absolute atomic E-state index is 12.1. The van der Waals surface area contributed by atoms with Crippen LogP contribution in [0.3, 0.4) is 0 Å². The molecule has 0 bridgehead atoms. The lowest BCUT2D eigenvalue weighted by Gasteiger charge is -2.09. The van der Waals surface area contributed by atoms with Crippen molar-refractivity contribution in [1.82, 2.24) is 15.3 Å². The van der Waals surface area contributed by atoms with Crippen LogP contribution in [0.2, 0.25) is 0 Å². The van der Waals surface area contributed by atoms with Gasteiger partial charge in [0.25, 0.3) is 5.91 Å². The van der Waals surface area contributed by atoms with Crippen LogP contribution in [0.25, 0.3) is 11.1 Å². The zero-order chi connectivity index (χ0) is 16.8. The minimum absolute atomic E-state index is 0.179. The van der Waals surface area contributed by atoms with Gasteiger partial charge < -0.3 is 16.4 Å². The summed E-state index contributed by atoms with van der Waals surface area (Å²) < 4.78 is 0. The van der Waals surface area contributed by atoms with Crippen LogP contribution in [-0.2, 0) is 4.79 Å². The van der Waals surface area contributed by atoms with E-state index in [2.05, 4.69) is 20.6 Å². The van der Waals surface area contributed by atoms with Crippen LogP contribution in [0.4, 0.5) is 11.6 Å². The molecule has 2 rings (SSSR count). The summed E-state index contributed by atoms with van der Waals surface area (Å²) >= 11 is 0. The van der Waals surface area contributed by atoms with E-state index >= 15 is 0 Å². The summed E-state index contributed by atoms with van der Waals surface area (Å²) in [5.74, 6) is 0.154. The summed E-state index contributed by atoms with van der Waals surface area (Å²) in [7, 11) is 0. The zero-order valence-electron chi connectivity index (χ0n) is 13.1. The first kappa shape index (κ1) is 16.4. The molecule has 2 aromatic heterocycles. The molecule has 0 aliphatic carbocycles. The molecule has 4 N–H and O–H groups in total. The van der Waals surface area contributed by atoms with Crippen molar-refractivity contribution in [3.05, 3.63) is 36.2 Å². The second-order valence-corrected chi connectivity index (χ2v) is 5.02. The summed E-state index contributed by atoms with van der Waals surface area (Å²) in [4.78, 5) is 31.4. The number of nitrogens with two attached hydrogens (primary N) is 1. The minimum Gasteiger partial charge on any atom is -0.383 e. The van der Waals surface area contributed by atoms with Crippen LogP contribution in [0.1, 0.15) is 30.6 Å². The lowest BCUT2D eigenvalue weighted by Crippen LogP contribution is -2.25. The highest BCUT2D eigenvalue weighted by atomic mass is 16.2. The Kier molecular flexibility index (Phi) is 5.24. The molecule has 0 saturated heterocycles. The quantitative estimate of drug-likeness (QED) is 0.780. The van der Waals surface area contributed by atoms with Crippen molar-refractivity contribution in [2.45, 2.75) is 20.3 Å². The predicted octanol–water partition coefficient (Wildman–Crippen LogP) is 1.82. The molecule has 0 aromatic carbocycles. The third-order valence-electron chi connectivity index (χ3n) is 3.10. The molecule has 2 aromatic rings. The molecular weight excluding hydrogens is 294 g/mol. The van der Waals surface area contributed by atoms with Crippen molar-refractivity contribution in [3.63, 3.8) is 0 Å². The monoisotopic (exact) mass is 313 g/mol. The SMILES string of the molecule is CCCNC(=O)c1cc(-c2ccnc(NC(C)=O)c2)cnc1N. The summed E-state index contributed by atoms with van der Waals surface area (Å²) in [6, 6.07) is 5.16. The van der Waals surface area contributed by atoms with E-state index < -0.39 is 0 Å². The molecule has 0 aliphatic rings. The number of amides is 2. The molecule has 0 aliphatic heterocycles. The fourth-order valence-electron chi connectivity index (χ4n) is 2.01. The van der Waals surface area contributed by atoms with E-state index in [4.69, 9.17) is 5.73 Å². The number of rotatable bonds is 5. The molecule has 0 atom stereocenters. The number of nitrogens with zero attached hydrogens (tertiary/aromatic N) is 2. The highest BCUT2D eigenvalue weighted by Gasteiger charge is 2.12. The highest BCUT2D eigenvalue weighted by molar-refractivity contribution is 5.99. The molecule has 23 heavy (non-hydrogen) atoms. The summed E-state index contributed by atoms with van der Waals surface area (Å²) in [6.07, 6.45) is 4.00. The number of nitrogens with one attached hydrogen (secondary N) is 2. The van der Waals surface area contributed by atoms with Gasteiger partial charge in [0.15, 0.2) is 0 Å². The maximum atomic E-state index is 12.1. The molecule has 0 unspecified atom stereocenters. The first-order valence-corrected chi connectivity index (χ1v) is 7.29. The minimum atomic E-state index is -0.255. The Morgan fingerprint density at radius 1 is 1.22 bits per heavy atom. The average molecular weight is 313 g/mol. The number of anilines is 2. The maximum Gasteiger partial charge on any atom is 0.255 e. The average Bonchev–Trinajstić information content (AvgIpc) is 2.52. The molecule has 7 nitrogen and oxygen atoms in total. The number of pyridine rings is 2. The third-order valence-corrected chi connectivity index (χ3v) is 3.10. The van der Waals surface area contributed by atoms with Gasteiger partial charge in [-0.25, -0.2) is 9.97 Å². The van der Waals surface area contributed by atoms with Crippen molar-refractivity contribution >= 4 is 23.5 Å². The van der Waals surface area contributed by atoms with Gasteiger partial charge in [0.2, 0.25) is 5.91 Å².